The van der Waals surface area contributed by atoms with Gasteiger partial charge in [0, 0.05) is 0 Å². The monoisotopic (exact) mass is 244 g/mol. The Bertz CT molecular complexity index is 359. The third-order valence-corrected chi connectivity index (χ3v) is 2.39. The van der Waals surface area contributed by atoms with Crippen LogP contribution in [0.5, 0.6) is 0 Å². The molecule has 0 atom stereocenters. The Balaban J connectivity index is 0.00000121. The zero-order chi connectivity index (χ0) is 8.48. The number of rotatable bonds is 1. The molecule has 0 heterocycles. The second-order valence-electron chi connectivity index (χ2n) is 2.24. The van der Waals surface area contributed by atoms with Gasteiger partial charge >= 0.3 is 19.8 Å². The van der Waals surface area contributed by atoms with Crippen molar-refractivity contribution in [2.24, 2.45) is 0 Å². The molecular weight excluding hydrogens is 234 g/mol. The molecule has 12 heavy (non-hydrogen) atoms. The maximum atomic E-state index is 10.6. The van der Waals surface area contributed by atoms with Gasteiger partial charge in [0.2, 0.25) is 0 Å². The fourth-order valence-electron chi connectivity index (χ4n) is 0.846. The van der Waals surface area contributed by atoms with E-state index in [2.05, 4.69) is 0 Å². The molecule has 1 N–H and O–H groups in total. The van der Waals surface area contributed by atoms with E-state index in [0.29, 0.717) is 5.56 Å². The molecule has 0 fully saturated rings. The first-order valence-electron chi connectivity index (χ1n) is 3.05. The van der Waals surface area contributed by atoms with Crippen LogP contribution in [-0.4, -0.2) is 32.8 Å². The first kappa shape index (κ1) is 11.8. The topological polar surface area (TPSA) is 54.4 Å². The number of benzene rings is 1. The van der Waals surface area contributed by atoms with Gasteiger partial charge in [-0.1, -0.05) is 18.2 Å². The van der Waals surface area contributed by atoms with E-state index < -0.39 is 10.1 Å². The van der Waals surface area contributed by atoms with Crippen molar-refractivity contribution in [3.8, 4) is 0 Å². The van der Waals surface area contributed by atoms with Gasteiger partial charge in [-0.2, -0.15) is 8.42 Å². The van der Waals surface area contributed by atoms with E-state index in [0.717, 1.165) is 0 Å². The summed E-state index contributed by atoms with van der Waals surface area (Å²) in [6, 6.07) is 6.27. The summed E-state index contributed by atoms with van der Waals surface area (Å²) in [6.45, 7) is 1.63. The summed E-state index contributed by atoms with van der Waals surface area (Å²) in [5.41, 5.74) is 0.551. The van der Waals surface area contributed by atoms with Crippen LogP contribution < -0.4 is 0 Å². The molecule has 1 aromatic carbocycles. The Kier molecular flexibility index (Phi) is 4.05. The molecule has 0 saturated carbocycles. The Labute approximate surface area is 84.6 Å². The van der Waals surface area contributed by atoms with Crippen LogP contribution in [0, 0.1) is 6.92 Å². The summed E-state index contributed by atoms with van der Waals surface area (Å²) >= 11 is 0. The third-order valence-electron chi connectivity index (χ3n) is 1.37. The molecule has 0 radical (unpaired) electrons. The van der Waals surface area contributed by atoms with Gasteiger partial charge in [0.15, 0.2) is 0 Å². The van der Waals surface area contributed by atoms with Gasteiger partial charge in [0.05, 0.1) is 4.90 Å². The zero-order valence-electron chi connectivity index (χ0n) is 5.98. The standard InChI is InChI=1S/C7H8O3S.Ga.3H/c1-6-4-2-3-5-7(6)11(8,9)10;;;;/h2-5H,1H3,(H,8,9,10);;;;. The van der Waals surface area contributed by atoms with E-state index in [-0.39, 0.29) is 24.7 Å². The fraction of sp³-hybridized carbons (Fsp3) is 0.143. The Morgan fingerprint density at radius 3 is 2.08 bits per heavy atom. The van der Waals surface area contributed by atoms with E-state index in [1.807, 2.05) is 0 Å². The molecular formula is C7H11GaO3S. The second kappa shape index (κ2) is 4.13. The van der Waals surface area contributed by atoms with Crippen molar-refractivity contribution in [2.75, 3.05) is 0 Å². The molecule has 0 bridgehead atoms. The molecule has 0 aromatic heterocycles. The SMILES string of the molecule is Cc1ccccc1S(=O)(=O)O.[GaH3]. The Morgan fingerprint density at radius 1 is 1.25 bits per heavy atom. The molecule has 1 rings (SSSR count). The number of hydrogen-bond acceptors (Lipinski definition) is 2. The molecule has 0 aliphatic rings. The van der Waals surface area contributed by atoms with Gasteiger partial charge in [-0.25, -0.2) is 0 Å². The third kappa shape index (κ3) is 2.67. The van der Waals surface area contributed by atoms with Crippen molar-refractivity contribution in [1.82, 2.24) is 0 Å². The van der Waals surface area contributed by atoms with Gasteiger partial charge in [0.25, 0.3) is 10.1 Å². The van der Waals surface area contributed by atoms with Gasteiger partial charge < -0.3 is 0 Å². The van der Waals surface area contributed by atoms with E-state index in [4.69, 9.17) is 4.55 Å². The summed E-state index contributed by atoms with van der Waals surface area (Å²) in [4.78, 5) is -0.0278. The summed E-state index contributed by atoms with van der Waals surface area (Å²) < 4.78 is 29.9. The van der Waals surface area contributed by atoms with Crippen molar-refractivity contribution in [3.05, 3.63) is 29.8 Å². The van der Waals surface area contributed by atoms with Crippen LogP contribution in [0.1, 0.15) is 5.56 Å². The molecule has 0 saturated heterocycles. The predicted molar refractivity (Wildman–Crippen MR) is 50.9 cm³/mol. The Morgan fingerprint density at radius 2 is 1.75 bits per heavy atom. The average Bonchev–Trinajstić information content (AvgIpc) is 1.86. The first-order valence-corrected chi connectivity index (χ1v) is 4.49. The normalized spacial score (nSPS) is 10.5. The van der Waals surface area contributed by atoms with Crippen LogP contribution in [0.2, 0.25) is 0 Å². The average molecular weight is 245 g/mol. The summed E-state index contributed by atoms with van der Waals surface area (Å²) in [5.74, 6) is 0. The molecule has 66 valence electrons. The van der Waals surface area contributed by atoms with Crippen molar-refractivity contribution < 1.29 is 13.0 Å². The van der Waals surface area contributed by atoms with E-state index >= 15 is 0 Å². The van der Waals surface area contributed by atoms with E-state index in [9.17, 15) is 8.42 Å². The van der Waals surface area contributed by atoms with Crippen LogP contribution >= 0.6 is 0 Å². The first-order chi connectivity index (χ1) is 5.02. The predicted octanol–water partition coefficient (Wildman–Crippen LogP) is 0.0578. The zero-order valence-corrected chi connectivity index (χ0v) is 6.80. The minimum atomic E-state index is -4.03. The molecule has 1 aromatic rings. The van der Waals surface area contributed by atoms with Gasteiger partial charge in [-0.05, 0) is 18.6 Å². The summed E-state index contributed by atoms with van der Waals surface area (Å²) in [7, 11) is -4.03. The van der Waals surface area contributed by atoms with Gasteiger partial charge in [-0.3, -0.25) is 4.55 Å². The molecule has 0 amide bonds. The van der Waals surface area contributed by atoms with Crippen LogP contribution in [0.3, 0.4) is 0 Å². The molecule has 5 heteroatoms. The van der Waals surface area contributed by atoms with Crippen molar-refractivity contribution >= 4 is 29.9 Å². The van der Waals surface area contributed by atoms with E-state index in [1.165, 1.54) is 6.07 Å². The van der Waals surface area contributed by atoms with Crippen molar-refractivity contribution in [3.63, 3.8) is 0 Å². The molecule has 3 nitrogen and oxygen atoms in total. The molecule has 0 unspecified atom stereocenters. The Hall–Kier alpha value is -0.234. The summed E-state index contributed by atoms with van der Waals surface area (Å²) in [5, 5.41) is 0. The van der Waals surface area contributed by atoms with E-state index in [1.54, 1.807) is 25.1 Å². The number of aryl methyl sites for hydroxylation is 1. The minimum absolute atomic E-state index is 0. The number of hydrogen-bond donors (Lipinski definition) is 1. The van der Waals surface area contributed by atoms with Gasteiger partial charge in [-0.15, -0.1) is 0 Å². The molecule has 0 aliphatic carbocycles. The van der Waals surface area contributed by atoms with Crippen LogP contribution in [-0.2, 0) is 10.1 Å². The van der Waals surface area contributed by atoms with Crippen LogP contribution in [0.4, 0.5) is 0 Å². The second-order valence-corrected chi connectivity index (χ2v) is 3.63. The fourth-order valence-corrected chi connectivity index (χ4v) is 1.57. The van der Waals surface area contributed by atoms with Crippen LogP contribution in [0.25, 0.3) is 0 Å². The molecule has 0 spiro atoms. The van der Waals surface area contributed by atoms with Gasteiger partial charge in [0.1, 0.15) is 0 Å². The summed E-state index contributed by atoms with van der Waals surface area (Å²) in [6.07, 6.45) is 0. The van der Waals surface area contributed by atoms with Crippen molar-refractivity contribution in [1.29, 1.82) is 0 Å². The molecule has 0 aliphatic heterocycles. The van der Waals surface area contributed by atoms with Crippen LogP contribution in [0.15, 0.2) is 29.2 Å². The quantitative estimate of drug-likeness (QED) is 0.562. The maximum absolute atomic E-state index is 10.6. The van der Waals surface area contributed by atoms with Crippen molar-refractivity contribution in [2.45, 2.75) is 11.8 Å².